The van der Waals surface area contributed by atoms with Crippen LogP contribution in [0.4, 0.5) is 10.1 Å². The monoisotopic (exact) mass is 343 g/mol. The fourth-order valence-electron chi connectivity index (χ4n) is 2.96. The van der Waals surface area contributed by atoms with E-state index in [2.05, 4.69) is 15.6 Å². The Kier molecular flexibility index (Phi) is 4.41. The molecule has 0 fully saturated rings. The van der Waals surface area contributed by atoms with Gasteiger partial charge in [0.05, 0.1) is 17.7 Å². The molecule has 25 heavy (non-hydrogen) atoms. The molecule has 7 heteroatoms. The van der Waals surface area contributed by atoms with Crippen LogP contribution >= 0.6 is 0 Å². The molecule has 1 aromatic heterocycles. The highest BCUT2D eigenvalue weighted by Crippen LogP contribution is 2.34. The zero-order valence-corrected chi connectivity index (χ0v) is 13.9. The molecule has 6 nitrogen and oxygen atoms in total. The van der Waals surface area contributed by atoms with Crippen molar-refractivity contribution in [2.24, 2.45) is 0 Å². The summed E-state index contributed by atoms with van der Waals surface area (Å²) >= 11 is 0. The number of carbonyl (C=O) groups excluding carboxylic acids is 2. The third kappa shape index (κ3) is 3.06. The van der Waals surface area contributed by atoms with Gasteiger partial charge < -0.3 is 20.7 Å². The maximum atomic E-state index is 13.5. The zero-order valence-electron chi connectivity index (χ0n) is 13.9. The van der Waals surface area contributed by atoms with E-state index in [9.17, 15) is 14.0 Å². The van der Waals surface area contributed by atoms with Crippen LogP contribution in [0.3, 0.4) is 0 Å². The number of aliphatic hydroxyl groups is 1. The summed E-state index contributed by atoms with van der Waals surface area (Å²) in [5.74, 6) is -1.05. The molecule has 1 aliphatic rings. The van der Waals surface area contributed by atoms with E-state index in [1.807, 2.05) is 0 Å². The Morgan fingerprint density at radius 1 is 1.36 bits per heavy atom. The highest BCUT2D eigenvalue weighted by atomic mass is 19.1. The number of carbonyl (C=O) groups is 2. The summed E-state index contributed by atoms with van der Waals surface area (Å²) in [6.07, 6.45) is 1.62. The van der Waals surface area contributed by atoms with Gasteiger partial charge in [-0.1, -0.05) is 0 Å². The lowest BCUT2D eigenvalue weighted by Gasteiger charge is -2.04. The summed E-state index contributed by atoms with van der Waals surface area (Å²) in [6.45, 7) is 3.54. The normalized spacial score (nSPS) is 14.6. The second-order valence-electron chi connectivity index (χ2n) is 5.85. The van der Waals surface area contributed by atoms with Crippen LogP contribution in [0.5, 0.6) is 0 Å². The Morgan fingerprint density at radius 3 is 2.84 bits per heavy atom. The van der Waals surface area contributed by atoms with Gasteiger partial charge in [-0.05, 0) is 43.7 Å². The van der Waals surface area contributed by atoms with Crippen LogP contribution in [0, 0.1) is 19.7 Å². The number of hydrogen-bond donors (Lipinski definition) is 4. The van der Waals surface area contributed by atoms with E-state index in [0.717, 1.165) is 0 Å². The van der Waals surface area contributed by atoms with Gasteiger partial charge in [0.25, 0.3) is 11.8 Å². The molecule has 4 N–H and O–H groups in total. The smallest absolute Gasteiger partial charge is 0.256 e. The summed E-state index contributed by atoms with van der Waals surface area (Å²) in [6, 6.07) is 4.11. The number of fused-ring (bicyclic) bond motifs is 1. The van der Waals surface area contributed by atoms with Crippen molar-refractivity contribution in [1.82, 2.24) is 10.3 Å². The highest BCUT2D eigenvalue weighted by Gasteiger charge is 2.26. The Hall–Kier alpha value is -2.93. The average Bonchev–Trinajstić information content (AvgIpc) is 3.02. The van der Waals surface area contributed by atoms with Gasteiger partial charge in [-0.25, -0.2) is 4.39 Å². The van der Waals surface area contributed by atoms with Crippen LogP contribution in [-0.4, -0.2) is 35.1 Å². The summed E-state index contributed by atoms with van der Waals surface area (Å²) < 4.78 is 13.5. The third-order valence-electron chi connectivity index (χ3n) is 4.15. The predicted octanol–water partition coefficient (Wildman–Crippen LogP) is 1.99. The van der Waals surface area contributed by atoms with Crippen molar-refractivity contribution < 1.29 is 19.1 Å². The van der Waals surface area contributed by atoms with E-state index in [1.165, 1.54) is 18.2 Å². The van der Waals surface area contributed by atoms with Crippen molar-refractivity contribution in [3.05, 3.63) is 52.1 Å². The van der Waals surface area contributed by atoms with E-state index in [-0.39, 0.29) is 25.0 Å². The van der Waals surface area contributed by atoms with Crippen molar-refractivity contribution in [1.29, 1.82) is 0 Å². The zero-order chi connectivity index (χ0) is 18.1. The average molecular weight is 343 g/mol. The van der Waals surface area contributed by atoms with Crippen molar-refractivity contribution in [2.45, 2.75) is 13.8 Å². The predicted molar refractivity (Wildman–Crippen MR) is 92.6 cm³/mol. The second kappa shape index (κ2) is 6.52. The van der Waals surface area contributed by atoms with Crippen LogP contribution in [0.25, 0.3) is 11.6 Å². The third-order valence-corrected chi connectivity index (χ3v) is 4.15. The molecular formula is C18H18FN3O3. The van der Waals surface area contributed by atoms with Gasteiger partial charge in [-0.2, -0.15) is 0 Å². The summed E-state index contributed by atoms with van der Waals surface area (Å²) in [5, 5.41) is 14.1. The highest BCUT2D eigenvalue weighted by molar-refractivity contribution is 6.34. The molecule has 0 saturated heterocycles. The molecule has 0 spiro atoms. The first kappa shape index (κ1) is 16.9. The van der Waals surface area contributed by atoms with E-state index < -0.39 is 5.82 Å². The van der Waals surface area contributed by atoms with Gasteiger partial charge in [0, 0.05) is 29.2 Å². The van der Waals surface area contributed by atoms with Gasteiger partial charge in [0.15, 0.2) is 0 Å². The number of nitrogens with one attached hydrogen (secondary N) is 3. The van der Waals surface area contributed by atoms with Gasteiger partial charge in [0.2, 0.25) is 0 Å². The van der Waals surface area contributed by atoms with E-state index in [1.54, 1.807) is 19.9 Å². The van der Waals surface area contributed by atoms with Crippen LogP contribution in [0.1, 0.15) is 32.9 Å². The van der Waals surface area contributed by atoms with Crippen LogP contribution in [0.15, 0.2) is 18.2 Å². The van der Waals surface area contributed by atoms with Gasteiger partial charge >= 0.3 is 0 Å². The van der Waals surface area contributed by atoms with E-state index >= 15 is 0 Å². The minimum Gasteiger partial charge on any atom is -0.395 e. The number of benzene rings is 1. The largest absolute Gasteiger partial charge is 0.395 e. The fourth-order valence-corrected chi connectivity index (χ4v) is 2.96. The van der Waals surface area contributed by atoms with Crippen LogP contribution in [-0.2, 0) is 4.79 Å². The van der Waals surface area contributed by atoms with Gasteiger partial charge in [-0.3, -0.25) is 9.59 Å². The number of aromatic amines is 1. The molecule has 2 heterocycles. The SMILES string of the molecule is Cc1[nH]c(C=C2C(=O)Nc3ccc(F)cc32)c(C)c1C(=O)NCCO. The lowest BCUT2D eigenvalue weighted by molar-refractivity contribution is -0.110. The lowest BCUT2D eigenvalue weighted by Crippen LogP contribution is -2.27. The number of hydrogen-bond acceptors (Lipinski definition) is 3. The van der Waals surface area contributed by atoms with Crippen molar-refractivity contribution >= 4 is 29.2 Å². The summed E-state index contributed by atoms with van der Waals surface area (Å²) in [4.78, 5) is 27.5. The number of rotatable bonds is 4. The molecule has 0 atom stereocenters. The quantitative estimate of drug-likeness (QED) is 0.640. The first-order valence-corrected chi connectivity index (χ1v) is 7.83. The van der Waals surface area contributed by atoms with Crippen molar-refractivity contribution in [2.75, 3.05) is 18.5 Å². The molecule has 3 rings (SSSR count). The maximum absolute atomic E-state index is 13.5. The molecule has 1 aliphatic heterocycles. The number of amides is 2. The number of aliphatic hydroxyl groups excluding tert-OH is 1. The van der Waals surface area contributed by atoms with E-state index in [0.29, 0.717) is 39.3 Å². The minimum absolute atomic E-state index is 0.145. The molecule has 0 bridgehead atoms. The topological polar surface area (TPSA) is 94.2 Å². The molecule has 0 aliphatic carbocycles. The second-order valence-corrected chi connectivity index (χ2v) is 5.85. The summed E-state index contributed by atoms with van der Waals surface area (Å²) in [5.41, 5.74) is 3.78. The molecule has 0 saturated carbocycles. The molecule has 1 aromatic carbocycles. The van der Waals surface area contributed by atoms with Crippen LogP contribution < -0.4 is 10.6 Å². The maximum Gasteiger partial charge on any atom is 0.256 e. The number of halogens is 1. The summed E-state index contributed by atoms with van der Waals surface area (Å²) in [7, 11) is 0. The molecule has 0 radical (unpaired) electrons. The Balaban J connectivity index is 2.02. The first-order chi connectivity index (χ1) is 11.9. The van der Waals surface area contributed by atoms with E-state index in [4.69, 9.17) is 5.11 Å². The number of aryl methyl sites for hydroxylation is 1. The number of anilines is 1. The molecule has 2 aromatic rings. The molecule has 2 amide bonds. The first-order valence-electron chi connectivity index (χ1n) is 7.83. The molecular weight excluding hydrogens is 325 g/mol. The number of H-pyrrole nitrogens is 1. The Bertz CT molecular complexity index is 899. The van der Waals surface area contributed by atoms with Gasteiger partial charge in [-0.15, -0.1) is 0 Å². The Morgan fingerprint density at radius 2 is 2.12 bits per heavy atom. The Labute approximate surface area is 143 Å². The van der Waals surface area contributed by atoms with Crippen molar-refractivity contribution in [3.8, 4) is 0 Å². The van der Waals surface area contributed by atoms with Crippen molar-refractivity contribution in [3.63, 3.8) is 0 Å². The van der Waals surface area contributed by atoms with Gasteiger partial charge in [0.1, 0.15) is 5.82 Å². The molecule has 130 valence electrons. The number of aromatic nitrogens is 1. The fraction of sp³-hybridized carbons (Fsp3) is 0.222. The van der Waals surface area contributed by atoms with Crippen LogP contribution in [0.2, 0.25) is 0 Å². The standard InChI is InChI=1S/C18H18FN3O3/c1-9-15(21-10(2)16(9)18(25)20-5-6-23)8-13-12-7-11(19)3-4-14(12)22-17(13)24/h3-4,7-8,21,23H,5-6H2,1-2H3,(H,20,25)(H,22,24). The molecule has 0 unspecified atom stereocenters. The minimum atomic E-state index is -0.426. The lowest BCUT2D eigenvalue weighted by atomic mass is 10.0.